The molecular weight excluding hydrogens is 296 g/mol. The highest BCUT2D eigenvalue weighted by Crippen LogP contribution is 2.23. The summed E-state index contributed by atoms with van der Waals surface area (Å²) >= 11 is 0. The van der Waals surface area contributed by atoms with Crippen molar-refractivity contribution >= 4 is 15.8 Å². The number of hydrogen-bond acceptors (Lipinski definition) is 5. The second kappa shape index (κ2) is 7.42. The van der Waals surface area contributed by atoms with Crippen LogP contribution in [0.4, 0.5) is 0 Å². The molecule has 0 radical (unpaired) electrons. The number of rotatable bonds is 8. The van der Waals surface area contributed by atoms with Crippen LogP contribution in [0.3, 0.4) is 0 Å². The molecule has 1 aromatic rings. The van der Waals surface area contributed by atoms with Crippen LogP contribution in [0.25, 0.3) is 0 Å². The summed E-state index contributed by atoms with van der Waals surface area (Å²) in [5, 5.41) is 9.06. The molecule has 0 unspecified atom stereocenters. The van der Waals surface area contributed by atoms with Gasteiger partial charge in [-0.15, -0.1) is 0 Å². The third-order valence-corrected chi connectivity index (χ3v) is 4.38. The Hall–Kier alpha value is -1.60. The Bertz CT molecular complexity index is 591. The smallest absolute Gasteiger partial charge is 0.339 e. The molecule has 0 bridgehead atoms. The number of benzene rings is 1. The monoisotopic (exact) mass is 316 g/mol. The van der Waals surface area contributed by atoms with E-state index in [1.165, 1.54) is 19.2 Å². The van der Waals surface area contributed by atoms with E-state index in [2.05, 4.69) is 0 Å². The third kappa shape index (κ3) is 5.02. The van der Waals surface area contributed by atoms with Crippen molar-refractivity contribution in [3.05, 3.63) is 23.8 Å². The maximum atomic E-state index is 12.1. The van der Waals surface area contributed by atoms with Crippen LogP contribution in [-0.4, -0.2) is 45.6 Å². The van der Waals surface area contributed by atoms with Gasteiger partial charge in [0.15, 0.2) is 9.84 Å². The molecule has 0 heterocycles. The lowest BCUT2D eigenvalue weighted by Crippen LogP contribution is -2.15. The van der Waals surface area contributed by atoms with Gasteiger partial charge in [0, 0.05) is 6.61 Å². The fraction of sp³-hybridized carbons (Fsp3) is 0.500. The first-order chi connectivity index (χ1) is 9.77. The van der Waals surface area contributed by atoms with E-state index in [1.54, 1.807) is 0 Å². The van der Waals surface area contributed by atoms with Gasteiger partial charge < -0.3 is 14.6 Å². The second-order valence-electron chi connectivity index (χ2n) is 4.95. The zero-order valence-corrected chi connectivity index (χ0v) is 13.1. The van der Waals surface area contributed by atoms with Gasteiger partial charge in [-0.05, 0) is 24.1 Å². The molecular formula is C14H20O6S. The molecule has 0 spiro atoms. The SMILES string of the molecule is COc1ccc(S(=O)(=O)CCOCC(C)C)cc1C(=O)O. The number of methoxy groups -OCH3 is 1. The van der Waals surface area contributed by atoms with Gasteiger partial charge in [0.2, 0.25) is 0 Å². The van der Waals surface area contributed by atoms with E-state index in [0.717, 1.165) is 6.07 Å². The molecule has 1 aromatic carbocycles. The molecule has 0 atom stereocenters. The van der Waals surface area contributed by atoms with E-state index < -0.39 is 15.8 Å². The summed E-state index contributed by atoms with van der Waals surface area (Å²) in [4.78, 5) is 11.0. The van der Waals surface area contributed by atoms with Crippen molar-refractivity contribution in [1.82, 2.24) is 0 Å². The normalized spacial score (nSPS) is 11.6. The predicted molar refractivity (Wildman–Crippen MR) is 77.7 cm³/mol. The van der Waals surface area contributed by atoms with Crippen LogP contribution in [0.1, 0.15) is 24.2 Å². The van der Waals surface area contributed by atoms with Crippen LogP contribution < -0.4 is 4.74 Å². The molecule has 118 valence electrons. The number of carboxylic acid groups (broad SMARTS) is 1. The number of hydrogen-bond donors (Lipinski definition) is 1. The molecule has 7 heteroatoms. The van der Waals surface area contributed by atoms with Gasteiger partial charge >= 0.3 is 5.97 Å². The highest BCUT2D eigenvalue weighted by atomic mass is 32.2. The molecule has 0 fully saturated rings. The number of carbonyl (C=O) groups is 1. The van der Waals surface area contributed by atoms with Gasteiger partial charge in [-0.2, -0.15) is 0 Å². The van der Waals surface area contributed by atoms with Crippen molar-refractivity contribution in [2.45, 2.75) is 18.7 Å². The summed E-state index contributed by atoms with van der Waals surface area (Å²) in [6.45, 7) is 4.50. The van der Waals surface area contributed by atoms with Crippen molar-refractivity contribution in [3.63, 3.8) is 0 Å². The van der Waals surface area contributed by atoms with E-state index in [4.69, 9.17) is 14.6 Å². The fourth-order valence-electron chi connectivity index (χ4n) is 1.65. The Morgan fingerprint density at radius 2 is 2.00 bits per heavy atom. The minimum absolute atomic E-state index is 0.0474. The molecule has 21 heavy (non-hydrogen) atoms. The van der Waals surface area contributed by atoms with Crippen LogP contribution in [0, 0.1) is 5.92 Å². The Morgan fingerprint density at radius 1 is 1.33 bits per heavy atom. The van der Waals surface area contributed by atoms with Crippen LogP contribution >= 0.6 is 0 Å². The summed E-state index contributed by atoms with van der Waals surface area (Å²) in [5.41, 5.74) is -0.179. The summed E-state index contributed by atoms with van der Waals surface area (Å²) in [6, 6.07) is 3.79. The molecule has 0 aliphatic rings. The molecule has 6 nitrogen and oxygen atoms in total. The summed E-state index contributed by atoms with van der Waals surface area (Å²) in [6.07, 6.45) is 0. The standard InChI is InChI=1S/C14H20O6S/c1-10(2)9-20-6-7-21(17,18)11-4-5-13(19-3)12(8-11)14(15)16/h4-5,8,10H,6-7,9H2,1-3H3,(H,15,16). The van der Waals surface area contributed by atoms with Crippen molar-refractivity contribution in [3.8, 4) is 5.75 Å². The Morgan fingerprint density at radius 3 is 2.52 bits per heavy atom. The van der Waals surface area contributed by atoms with Gasteiger partial charge in [-0.3, -0.25) is 0 Å². The maximum Gasteiger partial charge on any atom is 0.339 e. The van der Waals surface area contributed by atoms with Crippen LogP contribution in [-0.2, 0) is 14.6 Å². The van der Waals surface area contributed by atoms with Gasteiger partial charge in [0.25, 0.3) is 0 Å². The minimum Gasteiger partial charge on any atom is -0.496 e. The van der Waals surface area contributed by atoms with E-state index >= 15 is 0 Å². The van der Waals surface area contributed by atoms with Gasteiger partial charge in [0.05, 0.1) is 24.4 Å². The highest BCUT2D eigenvalue weighted by molar-refractivity contribution is 7.91. The van der Waals surface area contributed by atoms with Crippen LogP contribution in [0.15, 0.2) is 23.1 Å². The predicted octanol–water partition coefficient (Wildman–Crippen LogP) is 1.84. The van der Waals surface area contributed by atoms with Crippen molar-refractivity contribution in [2.24, 2.45) is 5.92 Å². The van der Waals surface area contributed by atoms with E-state index in [9.17, 15) is 13.2 Å². The number of ether oxygens (including phenoxy) is 2. The first-order valence-electron chi connectivity index (χ1n) is 6.49. The van der Waals surface area contributed by atoms with E-state index in [-0.39, 0.29) is 28.6 Å². The molecule has 0 aromatic heterocycles. The molecule has 0 saturated heterocycles. The average molecular weight is 316 g/mol. The molecule has 0 amide bonds. The Balaban J connectivity index is 2.88. The fourth-order valence-corrected chi connectivity index (χ4v) is 2.80. The summed E-state index contributed by atoms with van der Waals surface area (Å²) in [5.74, 6) is -0.977. The lowest BCUT2D eigenvalue weighted by atomic mass is 10.2. The van der Waals surface area contributed by atoms with Crippen molar-refractivity contribution < 1.29 is 27.8 Å². The van der Waals surface area contributed by atoms with Crippen LogP contribution in [0.2, 0.25) is 0 Å². The summed E-state index contributed by atoms with van der Waals surface area (Å²) < 4.78 is 34.4. The van der Waals surface area contributed by atoms with E-state index in [1.807, 2.05) is 13.8 Å². The topological polar surface area (TPSA) is 89.9 Å². The van der Waals surface area contributed by atoms with Crippen molar-refractivity contribution in [1.29, 1.82) is 0 Å². The molecule has 1 N–H and O–H groups in total. The number of aromatic carboxylic acids is 1. The van der Waals surface area contributed by atoms with Gasteiger partial charge in [-0.25, -0.2) is 13.2 Å². The lowest BCUT2D eigenvalue weighted by Gasteiger charge is -2.10. The first-order valence-corrected chi connectivity index (χ1v) is 8.15. The minimum atomic E-state index is -3.58. The van der Waals surface area contributed by atoms with E-state index in [0.29, 0.717) is 12.5 Å². The molecule has 0 saturated carbocycles. The lowest BCUT2D eigenvalue weighted by molar-refractivity contribution is 0.0693. The molecule has 0 aliphatic heterocycles. The van der Waals surface area contributed by atoms with Crippen LogP contribution in [0.5, 0.6) is 5.75 Å². The van der Waals surface area contributed by atoms with Gasteiger partial charge in [0.1, 0.15) is 11.3 Å². The van der Waals surface area contributed by atoms with Crippen molar-refractivity contribution in [2.75, 3.05) is 26.1 Å². The Labute approximate surface area is 124 Å². The second-order valence-corrected chi connectivity index (χ2v) is 7.06. The number of carboxylic acids is 1. The first kappa shape index (κ1) is 17.5. The summed E-state index contributed by atoms with van der Waals surface area (Å²) in [7, 11) is -2.25. The zero-order valence-electron chi connectivity index (χ0n) is 12.3. The quantitative estimate of drug-likeness (QED) is 0.736. The average Bonchev–Trinajstić information content (AvgIpc) is 2.42. The third-order valence-electron chi connectivity index (χ3n) is 2.71. The highest BCUT2D eigenvalue weighted by Gasteiger charge is 2.19. The Kier molecular flexibility index (Phi) is 6.17. The largest absolute Gasteiger partial charge is 0.496 e. The molecule has 0 aliphatic carbocycles. The molecule has 1 rings (SSSR count). The van der Waals surface area contributed by atoms with Gasteiger partial charge in [-0.1, -0.05) is 13.8 Å². The zero-order chi connectivity index (χ0) is 16.0. The number of sulfone groups is 1. The maximum absolute atomic E-state index is 12.1.